The number of nitrogens with zero attached hydrogens (tertiary/aromatic N) is 3. The predicted octanol–water partition coefficient (Wildman–Crippen LogP) is 4.75. The third kappa shape index (κ3) is 3.74. The van der Waals surface area contributed by atoms with Gasteiger partial charge in [-0.25, -0.2) is 14.1 Å². The van der Waals surface area contributed by atoms with Gasteiger partial charge in [-0.2, -0.15) is 5.10 Å². The lowest BCUT2D eigenvalue weighted by atomic mass is 10.0. The first-order valence-corrected chi connectivity index (χ1v) is 9.52. The van der Waals surface area contributed by atoms with Crippen LogP contribution < -0.4 is 5.32 Å². The Labute approximate surface area is 168 Å². The highest BCUT2D eigenvalue weighted by molar-refractivity contribution is 5.96. The lowest BCUT2D eigenvalue weighted by molar-refractivity contribution is -0.116. The van der Waals surface area contributed by atoms with Crippen LogP contribution in [0.2, 0.25) is 0 Å². The molecule has 0 atom stereocenters. The lowest BCUT2D eigenvalue weighted by Gasteiger charge is -2.10. The van der Waals surface area contributed by atoms with Gasteiger partial charge in [-0.1, -0.05) is 37.3 Å². The molecule has 146 valence electrons. The van der Waals surface area contributed by atoms with Crippen LogP contribution in [0.1, 0.15) is 18.2 Å². The molecule has 2 aromatic carbocycles. The van der Waals surface area contributed by atoms with E-state index < -0.39 is 0 Å². The van der Waals surface area contributed by atoms with E-state index in [0.29, 0.717) is 5.65 Å². The fourth-order valence-corrected chi connectivity index (χ4v) is 3.54. The minimum atomic E-state index is -0.282. The third-order valence-electron chi connectivity index (χ3n) is 4.93. The van der Waals surface area contributed by atoms with Gasteiger partial charge >= 0.3 is 0 Å². The first-order chi connectivity index (χ1) is 14.1. The highest BCUT2D eigenvalue weighted by Gasteiger charge is 2.16. The summed E-state index contributed by atoms with van der Waals surface area (Å²) in [6, 6.07) is 16.0. The molecule has 1 N–H and O–H groups in total. The fourth-order valence-electron chi connectivity index (χ4n) is 3.54. The summed E-state index contributed by atoms with van der Waals surface area (Å²) in [5.74, 6) is -0.445. The minimum absolute atomic E-state index is 0.0578. The molecule has 0 unspecified atom stereocenters. The number of para-hydroxylation sites is 1. The Balaban J connectivity index is 1.66. The molecule has 2 aromatic heterocycles. The Bertz CT molecular complexity index is 1180. The van der Waals surface area contributed by atoms with E-state index in [1.165, 1.54) is 12.1 Å². The summed E-state index contributed by atoms with van der Waals surface area (Å²) in [4.78, 5) is 17.1. The maximum absolute atomic E-state index is 13.3. The van der Waals surface area contributed by atoms with E-state index in [1.807, 2.05) is 37.3 Å². The number of nitrogens with one attached hydrogen (secondary N) is 1. The van der Waals surface area contributed by atoms with Crippen molar-refractivity contribution in [2.75, 3.05) is 5.32 Å². The average molecular weight is 388 g/mol. The average Bonchev–Trinajstić information content (AvgIpc) is 3.04. The Morgan fingerprint density at radius 1 is 1.10 bits per heavy atom. The zero-order valence-electron chi connectivity index (χ0n) is 16.3. The molecule has 0 saturated carbocycles. The number of aromatic nitrogens is 3. The summed E-state index contributed by atoms with van der Waals surface area (Å²) in [7, 11) is 0. The zero-order chi connectivity index (χ0) is 20.4. The fraction of sp³-hybridized carbons (Fsp3) is 0.174. The molecule has 4 rings (SSSR count). The van der Waals surface area contributed by atoms with Gasteiger partial charge in [-0.05, 0) is 54.3 Å². The maximum atomic E-state index is 13.3. The molecule has 0 aliphatic heterocycles. The second-order valence-corrected chi connectivity index (χ2v) is 6.87. The topological polar surface area (TPSA) is 59.8 Å². The standard InChI is InChI=1S/C23H21FN4O/c1-3-16-6-4-5-7-20(16)26-21(29)14-28-23-22(15(2)27-28)19(12-13-25-23)17-8-10-18(24)11-9-17/h4-13H,3,14H2,1-2H3,(H,26,29). The van der Waals surface area contributed by atoms with E-state index in [-0.39, 0.29) is 18.3 Å². The molecule has 0 radical (unpaired) electrons. The third-order valence-corrected chi connectivity index (χ3v) is 4.93. The van der Waals surface area contributed by atoms with Gasteiger partial charge in [0.2, 0.25) is 5.91 Å². The number of aryl methyl sites for hydroxylation is 2. The van der Waals surface area contributed by atoms with E-state index in [2.05, 4.69) is 22.3 Å². The van der Waals surface area contributed by atoms with Gasteiger partial charge < -0.3 is 5.32 Å². The van der Waals surface area contributed by atoms with Crippen molar-refractivity contribution in [1.29, 1.82) is 0 Å². The number of benzene rings is 2. The van der Waals surface area contributed by atoms with E-state index in [9.17, 15) is 9.18 Å². The summed E-state index contributed by atoms with van der Waals surface area (Å²) < 4.78 is 14.9. The second-order valence-electron chi connectivity index (χ2n) is 6.87. The highest BCUT2D eigenvalue weighted by atomic mass is 19.1. The maximum Gasteiger partial charge on any atom is 0.246 e. The Kier molecular flexibility index (Phi) is 5.08. The second kappa shape index (κ2) is 7.83. The van der Waals surface area contributed by atoms with Crippen LogP contribution in [0.15, 0.2) is 60.8 Å². The van der Waals surface area contributed by atoms with Gasteiger partial charge in [0.25, 0.3) is 0 Å². The molecule has 29 heavy (non-hydrogen) atoms. The predicted molar refractivity (Wildman–Crippen MR) is 112 cm³/mol. The van der Waals surface area contributed by atoms with E-state index in [1.54, 1.807) is 23.0 Å². The van der Waals surface area contributed by atoms with Crippen molar-refractivity contribution < 1.29 is 9.18 Å². The largest absolute Gasteiger partial charge is 0.324 e. The van der Waals surface area contributed by atoms with Crippen LogP contribution in [-0.4, -0.2) is 20.7 Å². The molecule has 0 spiro atoms. The quantitative estimate of drug-likeness (QED) is 0.537. The molecular formula is C23H21FN4O. The number of amides is 1. The van der Waals surface area contributed by atoms with Crippen LogP contribution in [0.3, 0.4) is 0 Å². The van der Waals surface area contributed by atoms with Crippen LogP contribution in [0.25, 0.3) is 22.2 Å². The Morgan fingerprint density at radius 3 is 2.62 bits per heavy atom. The molecule has 5 nitrogen and oxygen atoms in total. The lowest BCUT2D eigenvalue weighted by Crippen LogP contribution is -2.20. The van der Waals surface area contributed by atoms with Gasteiger partial charge in [0.05, 0.1) is 5.69 Å². The van der Waals surface area contributed by atoms with Crippen LogP contribution in [0, 0.1) is 12.7 Å². The van der Waals surface area contributed by atoms with Crippen LogP contribution in [-0.2, 0) is 17.8 Å². The number of fused-ring (bicyclic) bond motifs is 1. The summed E-state index contributed by atoms with van der Waals surface area (Å²) in [6.07, 6.45) is 2.52. The van der Waals surface area contributed by atoms with E-state index in [0.717, 1.165) is 39.9 Å². The van der Waals surface area contributed by atoms with Crippen molar-refractivity contribution in [1.82, 2.24) is 14.8 Å². The Morgan fingerprint density at radius 2 is 1.86 bits per heavy atom. The van der Waals surface area contributed by atoms with Gasteiger partial charge in [0, 0.05) is 17.3 Å². The van der Waals surface area contributed by atoms with Crippen molar-refractivity contribution in [2.24, 2.45) is 0 Å². The SMILES string of the molecule is CCc1ccccc1NC(=O)Cn1nc(C)c2c(-c3ccc(F)cc3)ccnc21. The smallest absolute Gasteiger partial charge is 0.246 e. The molecule has 1 amide bonds. The first kappa shape index (κ1) is 18.8. The molecule has 0 saturated heterocycles. The van der Waals surface area contributed by atoms with Crippen molar-refractivity contribution in [3.8, 4) is 11.1 Å². The van der Waals surface area contributed by atoms with Gasteiger partial charge in [0.1, 0.15) is 12.4 Å². The number of rotatable bonds is 5. The van der Waals surface area contributed by atoms with Crippen LogP contribution in [0.5, 0.6) is 0 Å². The molecule has 2 heterocycles. The van der Waals surface area contributed by atoms with E-state index >= 15 is 0 Å². The van der Waals surface area contributed by atoms with Crippen LogP contribution in [0.4, 0.5) is 10.1 Å². The molecule has 0 fully saturated rings. The van der Waals surface area contributed by atoms with Crippen molar-refractivity contribution in [2.45, 2.75) is 26.8 Å². The summed E-state index contributed by atoms with van der Waals surface area (Å²) in [5.41, 5.74) is 5.09. The minimum Gasteiger partial charge on any atom is -0.324 e. The molecular weight excluding hydrogens is 367 g/mol. The first-order valence-electron chi connectivity index (χ1n) is 9.52. The highest BCUT2D eigenvalue weighted by Crippen LogP contribution is 2.30. The zero-order valence-corrected chi connectivity index (χ0v) is 16.3. The summed E-state index contributed by atoms with van der Waals surface area (Å²) in [6.45, 7) is 4.00. The number of halogens is 1. The van der Waals surface area contributed by atoms with Crippen molar-refractivity contribution in [3.05, 3.63) is 77.9 Å². The summed E-state index contributed by atoms with van der Waals surface area (Å²) in [5, 5.41) is 8.37. The number of carbonyl (C=O) groups is 1. The molecule has 0 bridgehead atoms. The van der Waals surface area contributed by atoms with Gasteiger partial charge in [0.15, 0.2) is 5.65 Å². The molecule has 4 aromatic rings. The number of anilines is 1. The van der Waals surface area contributed by atoms with Crippen molar-refractivity contribution in [3.63, 3.8) is 0 Å². The number of hydrogen-bond acceptors (Lipinski definition) is 3. The van der Waals surface area contributed by atoms with Gasteiger partial charge in [-0.15, -0.1) is 0 Å². The van der Waals surface area contributed by atoms with Crippen LogP contribution >= 0.6 is 0 Å². The molecule has 0 aliphatic rings. The number of carbonyl (C=O) groups excluding carboxylic acids is 1. The number of pyridine rings is 1. The molecule has 6 heteroatoms. The van der Waals surface area contributed by atoms with Gasteiger partial charge in [-0.3, -0.25) is 4.79 Å². The normalized spacial score (nSPS) is 11.0. The molecule has 0 aliphatic carbocycles. The Hall–Kier alpha value is -3.54. The summed E-state index contributed by atoms with van der Waals surface area (Å²) >= 11 is 0. The van der Waals surface area contributed by atoms with E-state index in [4.69, 9.17) is 0 Å². The monoisotopic (exact) mass is 388 g/mol. The number of hydrogen-bond donors (Lipinski definition) is 1. The van der Waals surface area contributed by atoms with Crippen molar-refractivity contribution >= 4 is 22.6 Å².